The van der Waals surface area contributed by atoms with Crippen LogP contribution >= 0.6 is 15.9 Å². The van der Waals surface area contributed by atoms with Crippen molar-refractivity contribution in [1.82, 2.24) is 5.32 Å². The van der Waals surface area contributed by atoms with E-state index >= 15 is 0 Å². The van der Waals surface area contributed by atoms with Gasteiger partial charge in [0.15, 0.2) is 0 Å². The second-order valence-corrected chi connectivity index (χ2v) is 3.63. The Labute approximate surface area is 91.6 Å². The van der Waals surface area contributed by atoms with E-state index < -0.39 is 0 Å². The van der Waals surface area contributed by atoms with Crippen LogP contribution in [0.15, 0.2) is 28.7 Å². The molecular weight excluding hydrogens is 246 g/mol. The summed E-state index contributed by atoms with van der Waals surface area (Å²) < 4.78 is 5.54. The Bertz CT molecular complexity index is 315. The van der Waals surface area contributed by atoms with Gasteiger partial charge in [0, 0.05) is 11.0 Å². The first-order valence-corrected chi connectivity index (χ1v) is 5.04. The van der Waals surface area contributed by atoms with Gasteiger partial charge in [-0.05, 0) is 11.6 Å². The summed E-state index contributed by atoms with van der Waals surface area (Å²) in [6.45, 7) is 0.883. The Morgan fingerprint density at radius 2 is 2.21 bits per heavy atom. The predicted molar refractivity (Wildman–Crippen MR) is 57.9 cm³/mol. The van der Waals surface area contributed by atoms with Crippen molar-refractivity contribution < 1.29 is 9.53 Å². The fraction of sp³-hybridized carbons (Fsp3) is 0.300. The molecule has 0 radical (unpaired) electrons. The highest BCUT2D eigenvalue weighted by Gasteiger charge is 2.00. The molecule has 0 fully saturated rings. The van der Waals surface area contributed by atoms with Crippen molar-refractivity contribution in [3.63, 3.8) is 0 Å². The molecule has 1 rings (SSSR count). The maximum absolute atomic E-state index is 10.8. The van der Waals surface area contributed by atoms with Gasteiger partial charge in [-0.25, -0.2) is 0 Å². The lowest BCUT2D eigenvalue weighted by Gasteiger charge is -2.05. The maximum Gasteiger partial charge on any atom is 0.319 e. The molecule has 0 unspecified atom stereocenters. The molecule has 1 aromatic rings. The molecule has 0 saturated carbocycles. The topological polar surface area (TPSA) is 38.3 Å². The number of ether oxygens (including phenoxy) is 1. The van der Waals surface area contributed by atoms with Gasteiger partial charge in [0.25, 0.3) is 0 Å². The summed E-state index contributed by atoms with van der Waals surface area (Å²) in [5, 5.41) is 2.99. The van der Waals surface area contributed by atoms with Crippen LogP contribution in [0.25, 0.3) is 0 Å². The molecule has 76 valence electrons. The Hall–Kier alpha value is -0.870. The average Bonchev–Trinajstić information content (AvgIpc) is 2.20. The molecule has 1 N–H and O–H groups in total. The first-order chi connectivity index (χ1) is 6.74. The van der Waals surface area contributed by atoms with E-state index in [9.17, 15) is 4.79 Å². The molecule has 4 heteroatoms. The SMILES string of the molecule is COC(=O)CNCc1ccccc1Br. The maximum atomic E-state index is 10.8. The van der Waals surface area contributed by atoms with Crippen molar-refractivity contribution in [2.24, 2.45) is 0 Å². The number of hydrogen-bond donors (Lipinski definition) is 1. The molecule has 0 bridgehead atoms. The zero-order valence-electron chi connectivity index (χ0n) is 7.92. The highest BCUT2D eigenvalue weighted by atomic mass is 79.9. The third kappa shape index (κ3) is 3.47. The van der Waals surface area contributed by atoms with Gasteiger partial charge in [0.1, 0.15) is 0 Å². The van der Waals surface area contributed by atoms with Crippen LogP contribution in [0, 0.1) is 0 Å². The predicted octanol–water partition coefficient (Wildman–Crippen LogP) is 1.71. The van der Waals surface area contributed by atoms with E-state index in [2.05, 4.69) is 26.0 Å². The monoisotopic (exact) mass is 257 g/mol. The molecule has 14 heavy (non-hydrogen) atoms. The number of carbonyl (C=O) groups excluding carboxylic acids is 1. The minimum absolute atomic E-state index is 0.234. The van der Waals surface area contributed by atoms with Crippen molar-refractivity contribution >= 4 is 21.9 Å². The first-order valence-electron chi connectivity index (χ1n) is 4.25. The molecular formula is C10H12BrNO2. The number of rotatable bonds is 4. The fourth-order valence-electron chi connectivity index (χ4n) is 1.01. The number of hydrogen-bond acceptors (Lipinski definition) is 3. The van der Waals surface area contributed by atoms with Gasteiger partial charge in [0.2, 0.25) is 0 Å². The third-order valence-electron chi connectivity index (χ3n) is 1.77. The van der Waals surface area contributed by atoms with Gasteiger partial charge >= 0.3 is 5.97 Å². The molecule has 0 heterocycles. The largest absolute Gasteiger partial charge is 0.468 e. The molecule has 1 aromatic carbocycles. The second-order valence-electron chi connectivity index (χ2n) is 2.77. The van der Waals surface area contributed by atoms with Crippen molar-refractivity contribution in [2.75, 3.05) is 13.7 Å². The van der Waals surface area contributed by atoms with E-state index in [1.165, 1.54) is 7.11 Å². The minimum Gasteiger partial charge on any atom is -0.468 e. The number of esters is 1. The Morgan fingerprint density at radius 1 is 1.50 bits per heavy atom. The van der Waals surface area contributed by atoms with E-state index in [4.69, 9.17) is 0 Å². The van der Waals surface area contributed by atoms with Gasteiger partial charge in [-0.1, -0.05) is 34.1 Å². The van der Waals surface area contributed by atoms with Crippen LogP contribution in [0.1, 0.15) is 5.56 Å². The molecule has 0 atom stereocenters. The zero-order valence-corrected chi connectivity index (χ0v) is 9.50. The summed E-state index contributed by atoms with van der Waals surface area (Å²) in [6.07, 6.45) is 0. The number of benzene rings is 1. The lowest BCUT2D eigenvalue weighted by Crippen LogP contribution is -2.23. The van der Waals surface area contributed by atoms with E-state index in [1.54, 1.807) is 0 Å². The molecule has 0 saturated heterocycles. The summed E-state index contributed by atoms with van der Waals surface area (Å²) in [7, 11) is 1.38. The quantitative estimate of drug-likeness (QED) is 0.835. The summed E-state index contributed by atoms with van der Waals surface area (Å²) in [6, 6.07) is 7.87. The van der Waals surface area contributed by atoms with Crippen LogP contribution in [-0.2, 0) is 16.1 Å². The smallest absolute Gasteiger partial charge is 0.319 e. The van der Waals surface area contributed by atoms with Gasteiger partial charge < -0.3 is 10.1 Å². The van der Waals surface area contributed by atoms with Crippen molar-refractivity contribution in [3.05, 3.63) is 34.3 Å². The van der Waals surface area contributed by atoms with Crippen LogP contribution in [0.2, 0.25) is 0 Å². The second kappa shape index (κ2) is 5.78. The van der Waals surface area contributed by atoms with Crippen LogP contribution in [-0.4, -0.2) is 19.6 Å². The Kier molecular flexibility index (Phi) is 4.62. The number of halogens is 1. The van der Waals surface area contributed by atoms with Crippen molar-refractivity contribution in [3.8, 4) is 0 Å². The molecule has 0 aliphatic carbocycles. The van der Waals surface area contributed by atoms with E-state index in [0.29, 0.717) is 6.54 Å². The summed E-state index contributed by atoms with van der Waals surface area (Å²) in [5.41, 5.74) is 1.12. The molecule has 0 amide bonds. The van der Waals surface area contributed by atoms with Crippen molar-refractivity contribution in [2.45, 2.75) is 6.54 Å². The average molecular weight is 258 g/mol. The highest BCUT2D eigenvalue weighted by Crippen LogP contribution is 2.14. The van der Waals surface area contributed by atoms with Crippen LogP contribution in [0.5, 0.6) is 0 Å². The highest BCUT2D eigenvalue weighted by molar-refractivity contribution is 9.10. The fourth-order valence-corrected chi connectivity index (χ4v) is 1.44. The lowest BCUT2D eigenvalue weighted by molar-refractivity contribution is -0.139. The standard InChI is InChI=1S/C10H12BrNO2/c1-14-10(13)7-12-6-8-4-2-3-5-9(8)11/h2-5,12H,6-7H2,1H3. The number of carbonyl (C=O) groups is 1. The summed E-state index contributed by atoms with van der Waals surface area (Å²) in [5.74, 6) is -0.253. The van der Waals surface area contributed by atoms with E-state index in [0.717, 1.165) is 10.0 Å². The molecule has 0 aliphatic heterocycles. The normalized spacial score (nSPS) is 9.86. The zero-order chi connectivity index (χ0) is 10.4. The molecule has 0 spiro atoms. The summed E-state index contributed by atoms with van der Waals surface area (Å²) >= 11 is 3.42. The molecule has 0 aromatic heterocycles. The van der Waals surface area contributed by atoms with Crippen LogP contribution < -0.4 is 5.32 Å². The van der Waals surface area contributed by atoms with Crippen molar-refractivity contribution in [1.29, 1.82) is 0 Å². The molecule has 0 aliphatic rings. The Balaban J connectivity index is 2.39. The third-order valence-corrected chi connectivity index (χ3v) is 2.54. The van der Waals surface area contributed by atoms with Crippen LogP contribution in [0.4, 0.5) is 0 Å². The Morgan fingerprint density at radius 3 is 2.86 bits per heavy atom. The minimum atomic E-state index is -0.253. The van der Waals surface area contributed by atoms with Gasteiger partial charge in [-0.15, -0.1) is 0 Å². The number of methoxy groups -OCH3 is 1. The summed E-state index contributed by atoms with van der Waals surface area (Å²) in [4.78, 5) is 10.8. The number of nitrogens with one attached hydrogen (secondary N) is 1. The lowest BCUT2D eigenvalue weighted by atomic mass is 10.2. The molecule has 3 nitrogen and oxygen atoms in total. The van der Waals surface area contributed by atoms with Gasteiger partial charge in [-0.2, -0.15) is 0 Å². The van der Waals surface area contributed by atoms with Crippen LogP contribution in [0.3, 0.4) is 0 Å². The van der Waals surface area contributed by atoms with E-state index in [1.807, 2.05) is 24.3 Å². The van der Waals surface area contributed by atoms with Gasteiger partial charge in [0.05, 0.1) is 13.7 Å². The first kappa shape index (κ1) is 11.2. The van der Waals surface area contributed by atoms with E-state index in [-0.39, 0.29) is 12.5 Å². The van der Waals surface area contributed by atoms with Gasteiger partial charge in [-0.3, -0.25) is 4.79 Å².